The summed E-state index contributed by atoms with van der Waals surface area (Å²) in [5.74, 6) is 0.473. The van der Waals surface area contributed by atoms with Crippen molar-refractivity contribution in [1.82, 2.24) is 5.32 Å². The number of aliphatic carboxylic acids is 1. The second-order valence-electron chi connectivity index (χ2n) is 10.2. The molecule has 0 aliphatic heterocycles. The molecule has 5 aromatic rings. The number of carboxylic acid groups (broad SMARTS) is 1. The van der Waals surface area contributed by atoms with Gasteiger partial charge in [-0.05, 0) is 78.2 Å². The molecule has 5 rings (SSSR count). The summed E-state index contributed by atoms with van der Waals surface area (Å²) in [7, 11) is 1.60. The Hall–Kier alpha value is -5.27. The lowest BCUT2D eigenvalue weighted by atomic mass is 9.99. The fourth-order valence-corrected chi connectivity index (χ4v) is 5.00. The molecule has 0 heterocycles. The van der Waals surface area contributed by atoms with Crippen LogP contribution < -0.4 is 20.1 Å². The minimum Gasteiger partial charge on any atom is -0.496 e. The van der Waals surface area contributed by atoms with Crippen LogP contribution in [-0.2, 0) is 11.2 Å². The smallest absolute Gasteiger partial charge is 0.326 e. The number of halogens is 1. The van der Waals surface area contributed by atoms with Crippen molar-refractivity contribution in [3.63, 3.8) is 0 Å². The SMILES string of the molecule is COc1ccc(Nc2ccc(Cl)cc2C(=O)NC(Cc2ccc(-c3ccccc3Oc3ccccc3)cc2)C(=O)O)cc1C. The minimum absolute atomic E-state index is 0.0878. The van der Waals surface area contributed by atoms with Gasteiger partial charge in [0.05, 0.1) is 18.4 Å². The molecular weight excluding hydrogens is 576 g/mol. The van der Waals surface area contributed by atoms with Crippen LogP contribution in [0.15, 0.2) is 115 Å². The van der Waals surface area contributed by atoms with Crippen LogP contribution in [0.5, 0.6) is 17.2 Å². The van der Waals surface area contributed by atoms with E-state index in [1.165, 1.54) is 6.07 Å². The molecular formula is C36H31ClN2O5. The van der Waals surface area contributed by atoms with Gasteiger partial charge in [0.1, 0.15) is 23.3 Å². The number of nitrogens with one attached hydrogen (secondary N) is 2. The van der Waals surface area contributed by atoms with E-state index in [-0.39, 0.29) is 12.0 Å². The van der Waals surface area contributed by atoms with Crippen molar-refractivity contribution in [2.75, 3.05) is 12.4 Å². The number of anilines is 2. The Morgan fingerprint density at radius 1 is 0.841 bits per heavy atom. The molecule has 5 aromatic carbocycles. The summed E-state index contributed by atoms with van der Waals surface area (Å²) in [6, 6.07) is 34.0. The Morgan fingerprint density at radius 3 is 2.27 bits per heavy atom. The third kappa shape index (κ3) is 7.38. The summed E-state index contributed by atoms with van der Waals surface area (Å²) >= 11 is 6.23. The molecule has 1 unspecified atom stereocenters. The Balaban J connectivity index is 1.31. The Kier molecular flexibility index (Phi) is 9.47. The lowest BCUT2D eigenvalue weighted by Gasteiger charge is -2.18. The lowest BCUT2D eigenvalue weighted by molar-refractivity contribution is -0.139. The number of hydrogen-bond acceptors (Lipinski definition) is 5. The van der Waals surface area contributed by atoms with E-state index in [1.54, 1.807) is 19.2 Å². The predicted molar refractivity (Wildman–Crippen MR) is 173 cm³/mol. The second-order valence-corrected chi connectivity index (χ2v) is 10.6. The number of carbonyl (C=O) groups excluding carboxylic acids is 1. The monoisotopic (exact) mass is 606 g/mol. The number of para-hydroxylation sites is 2. The third-order valence-electron chi connectivity index (χ3n) is 7.07. The summed E-state index contributed by atoms with van der Waals surface area (Å²) in [5, 5.41) is 16.2. The molecule has 44 heavy (non-hydrogen) atoms. The van der Waals surface area contributed by atoms with Gasteiger partial charge in [-0.2, -0.15) is 0 Å². The van der Waals surface area contributed by atoms with Gasteiger partial charge in [-0.15, -0.1) is 0 Å². The molecule has 0 spiro atoms. The average Bonchev–Trinajstić information content (AvgIpc) is 3.03. The number of amides is 1. The molecule has 0 aliphatic rings. The van der Waals surface area contributed by atoms with Gasteiger partial charge in [0.25, 0.3) is 5.91 Å². The standard InChI is InChI=1S/C36H31ClN2O5/c1-23-20-27(17-19-33(23)43-2)38-31-18-16-26(37)22-30(31)35(40)39-32(36(41)42)21-24-12-14-25(15-13-24)29-10-6-7-11-34(29)44-28-8-4-3-5-9-28/h3-20,22,32,38H,21H2,1-2H3,(H,39,40)(H,41,42). The number of benzene rings is 5. The molecule has 1 atom stereocenters. The number of ether oxygens (including phenoxy) is 2. The first-order valence-corrected chi connectivity index (χ1v) is 14.3. The number of hydrogen-bond donors (Lipinski definition) is 3. The van der Waals surface area contributed by atoms with Gasteiger partial charge in [-0.25, -0.2) is 4.79 Å². The van der Waals surface area contributed by atoms with Crippen LogP contribution in [0.2, 0.25) is 5.02 Å². The van der Waals surface area contributed by atoms with Gasteiger partial charge in [0.15, 0.2) is 0 Å². The van der Waals surface area contributed by atoms with Gasteiger partial charge in [0.2, 0.25) is 0 Å². The molecule has 222 valence electrons. The quantitative estimate of drug-likeness (QED) is 0.140. The topological polar surface area (TPSA) is 96.9 Å². The first kappa shape index (κ1) is 30.2. The second kappa shape index (κ2) is 13.8. The molecule has 0 saturated carbocycles. The summed E-state index contributed by atoms with van der Waals surface area (Å²) < 4.78 is 11.4. The van der Waals surface area contributed by atoms with Crippen LogP contribution in [0.3, 0.4) is 0 Å². The Bertz CT molecular complexity index is 1770. The van der Waals surface area contributed by atoms with Crippen molar-refractivity contribution in [1.29, 1.82) is 0 Å². The van der Waals surface area contributed by atoms with Crippen molar-refractivity contribution in [3.05, 3.63) is 137 Å². The maximum absolute atomic E-state index is 13.4. The highest BCUT2D eigenvalue weighted by molar-refractivity contribution is 6.31. The van der Waals surface area contributed by atoms with Crippen LogP contribution in [0.4, 0.5) is 11.4 Å². The molecule has 0 aliphatic carbocycles. The summed E-state index contributed by atoms with van der Waals surface area (Å²) in [4.78, 5) is 25.6. The van der Waals surface area contributed by atoms with Crippen LogP contribution in [0, 0.1) is 6.92 Å². The molecule has 1 amide bonds. The van der Waals surface area contributed by atoms with E-state index in [2.05, 4.69) is 10.6 Å². The predicted octanol–water partition coefficient (Wildman–Crippen LogP) is 8.29. The molecule has 0 radical (unpaired) electrons. The minimum atomic E-state index is -1.17. The highest BCUT2D eigenvalue weighted by Gasteiger charge is 2.23. The molecule has 3 N–H and O–H groups in total. The molecule has 7 nitrogen and oxygen atoms in total. The molecule has 0 fully saturated rings. The normalized spacial score (nSPS) is 11.3. The van der Waals surface area contributed by atoms with E-state index in [0.29, 0.717) is 16.5 Å². The maximum atomic E-state index is 13.4. The van der Waals surface area contributed by atoms with Gasteiger partial charge in [0, 0.05) is 22.7 Å². The highest BCUT2D eigenvalue weighted by atomic mass is 35.5. The van der Waals surface area contributed by atoms with Gasteiger partial charge in [-0.1, -0.05) is 72.3 Å². The fourth-order valence-electron chi connectivity index (χ4n) is 4.83. The molecule has 0 aromatic heterocycles. The number of methoxy groups -OCH3 is 1. The summed E-state index contributed by atoms with van der Waals surface area (Å²) in [6.07, 6.45) is 0.0878. The summed E-state index contributed by atoms with van der Waals surface area (Å²) in [5.41, 5.74) is 4.94. The van der Waals surface area contributed by atoms with Crippen molar-refractivity contribution < 1.29 is 24.2 Å². The number of aryl methyl sites for hydroxylation is 1. The van der Waals surface area contributed by atoms with Crippen molar-refractivity contribution >= 4 is 34.9 Å². The van der Waals surface area contributed by atoms with Crippen LogP contribution in [0.25, 0.3) is 11.1 Å². The molecule has 8 heteroatoms. The van der Waals surface area contributed by atoms with Crippen LogP contribution in [-0.4, -0.2) is 30.1 Å². The highest BCUT2D eigenvalue weighted by Crippen LogP contribution is 2.33. The third-order valence-corrected chi connectivity index (χ3v) is 7.30. The van der Waals surface area contributed by atoms with Gasteiger partial charge < -0.3 is 25.2 Å². The zero-order valence-electron chi connectivity index (χ0n) is 24.2. The van der Waals surface area contributed by atoms with Crippen molar-refractivity contribution in [2.24, 2.45) is 0 Å². The Morgan fingerprint density at radius 2 is 1.57 bits per heavy atom. The number of carboxylic acids is 1. The first-order chi connectivity index (χ1) is 21.3. The largest absolute Gasteiger partial charge is 0.496 e. The van der Waals surface area contributed by atoms with E-state index in [1.807, 2.05) is 104 Å². The van der Waals surface area contributed by atoms with Gasteiger partial charge >= 0.3 is 5.97 Å². The molecule has 0 saturated heterocycles. The fraction of sp³-hybridized carbons (Fsp3) is 0.111. The van der Waals surface area contributed by atoms with E-state index in [9.17, 15) is 14.7 Å². The molecule has 0 bridgehead atoms. The van der Waals surface area contributed by atoms with E-state index < -0.39 is 17.9 Å². The van der Waals surface area contributed by atoms with Crippen molar-refractivity contribution in [2.45, 2.75) is 19.4 Å². The van der Waals surface area contributed by atoms with E-state index in [4.69, 9.17) is 21.1 Å². The maximum Gasteiger partial charge on any atom is 0.326 e. The zero-order chi connectivity index (χ0) is 31.1. The van der Waals surface area contributed by atoms with Crippen LogP contribution >= 0.6 is 11.6 Å². The van der Waals surface area contributed by atoms with Crippen LogP contribution in [0.1, 0.15) is 21.5 Å². The first-order valence-electron chi connectivity index (χ1n) is 14.0. The summed E-state index contributed by atoms with van der Waals surface area (Å²) in [6.45, 7) is 1.92. The average molecular weight is 607 g/mol. The zero-order valence-corrected chi connectivity index (χ0v) is 25.0. The van der Waals surface area contributed by atoms with E-state index in [0.717, 1.165) is 39.4 Å². The number of rotatable bonds is 11. The van der Waals surface area contributed by atoms with E-state index >= 15 is 0 Å². The number of carbonyl (C=O) groups is 2. The van der Waals surface area contributed by atoms with Crippen molar-refractivity contribution in [3.8, 4) is 28.4 Å². The Labute approximate surface area is 261 Å². The van der Waals surface area contributed by atoms with Gasteiger partial charge in [-0.3, -0.25) is 4.79 Å². The lowest BCUT2D eigenvalue weighted by Crippen LogP contribution is -2.42.